The zero-order valence-electron chi connectivity index (χ0n) is 56.6. The van der Waals surface area contributed by atoms with Gasteiger partial charge in [-0.05, 0) is 195 Å². The van der Waals surface area contributed by atoms with Crippen molar-refractivity contribution < 1.29 is 13.2 Å². The van der Waals surface area contributed by atoms with Gasteiger partial charge in [0.15, 0.2) is 5.82 Å². The number of alkyl halides is 3. The van der Waals surface area contributed by atoms with E-state index in [9.17, 15) is 13.2 Å². The standard InChI is InChI=1S/C28H35N3S.C27H30F3N3S.C25H34N2S/c1-3-5-7-9-13-21-19-23(14-10-8-6-4-2)32-27(21)22-17-18-29-26(20-22)28-30-24-15-11-12-16-25(24)31-28;1-3-5-7-8-13-23-20-12-9-11-18(10-6-4-2)25(20)26(34-23)19-14-15-31-21(16-19)22-17-24(33-32-22)27(28,29)30;1-3-5-7-9-12-20-18-22(13-10-8-6-4-2)28-25(20)21-15-17-27-24(19-21)23-14-11-16-26-23/h11-12,15-20H,3-10,13-14H2,1-2H3,(H,30,31);9,11-12,14-17H,3-8,10,13H2,1-2H3,(H,32,33);11,14-19,26H,3-10,12-13H2,1-2H3. The number of unbranched alkanes of at least 4 members (excludes halogenated alkanes) is 16. The van der Waals surface area contributed by atoms with E-state index in [-0.39, 0.29) is 5.69 Å². The van der Waals surface area contributed by atoms with Crippen molar-refractivity contribution in [3.8, 4) is 65.6 Å². The average Bonchev–Trinajstić information content (AvgIpc) is 1.62. The summed E-state index contributed by atoms with van der Waals surface area (Å²) in [6.07, 6.45) is 38.0. The average molecular weight is 1330 g/mol. The third-order valence-electron chi connectivity index (χ3n) is 17.6. The first kappa shape index (κ1) is 71.3. The van der Waals surface area contributed by atoms with Crippen molar-refractivity contribution in [1.29, 1.82) is 0 Å². The van der Waals surface area contributed by atoms with Crippen LogP contribution in [0.3, 0.4) is 0 Å². The Labute approximate surface area is 569 Å². The van der Waals surface area contributed by atoms with Crippen molar-refractivity contribution in [3.63, 3.8) is 0 Å². The van der Waals surface area contributed by atoms with Crippen LogP contribution in [0.5, 0.6) is 0 Å². The molecule has 11 aromatic rings. The van der Waals surface area contributed by atoms with E-state index < -0.39 is 11.9 Å². The first-order valence-corrected chi connectivity index (χ1v) is 37.8. The summed E-state index contributed by atoms with van der Waals surface area (Å²) in [7, 11) is 0. The number of aryl methyl sites for hydroxylation is 6. The zero-order chi connectivity index (χ0) is 65.9. The molecule has 0 spiro atoms. The van der Waals surface area contributed by atoms with Crippen LogP contribution in [-0.2, 0) is 44.7 Å². The molecule has 0 saturated carbocycles. The number of aromatic amines is 3. The van der Waals surface area contributed by atoms with E-state index in [0.717, 1.165) is 77.7 Å². The predicted octanol–water partition coefficient (Wildman–Crippen LogP) is 25.5. The number of hydrogen-bond donors (Lipinski definition) is 3. The van der Waals surface area contributed by atoms with Crippen LogP contribution >= 0.6 is 34.0 Å². The lowest BCUT2D eigenvalue weighted by molar-refractivity contribution is -0.141. The van der Waals surface area contributed by atoms with Gasteiger partial charge in [-0.25, -0.2) is 4.98 Å². The lowest BCUT2D eigenvalue weighted by Crippen LogP contribution is -2.04. The number of aromatic nitrogens is 8. The molecule has 0 bridgehead atoms. The molecule has 94 heavy (non-hydrogen) atoms. The fourth-order valence-electron chi connectivity index (χ4n) is 12.3. The molecule has 0 saturated heterocycles. The topological polar surface area (TPSA) is 112 Å². The highest BCUT2D eigenvalue weighted by molar-refractivity contribution is 7.17. The summed E-state index contributed by atoms with van der Waals surface area (Å²) in [6, 6.07) is 37.4. The SMILES string of the molecule is CCCCCCc1cc(CCCCCC)c(-c2ccnc(-c3ccc[nH]3)c2)s1.CCCCCCc1cc(CCCCCC)c(-c2ccnc(-c3nc4ccccc4[nH]3)c2)s1.CCCCCCc1sc(-c2ccnc(-c3cc(C(F)(F)F)[nH]n3)c2)c2c(CCCC)cccc12. The molecule has 0 unspecified atom stereocenters. The molecule has 0 aliphatic carbocycles. The number of hydrogen-bond acceptors (Lipinski definition) is 8. The summed E-state index contributed by atoms with van der Waals surface area (Å²) in [5, 5.41) is 8.54. The highest BCUT2D eigenvalue weighted by Crippen LogP contribution is 2.44. The van der Waals surface area contributed by atoms with Gasteiger partial charge in [-0.2, -0.15) is 18.3 Å². The number of rotatable bonds is 34. The van der Waals surface area contributed by atoms with Crippen molar-refractivity contribution in [2.24, 2.45) is 0 Å². The van der Waals surface area contributed by atoms with Crippen LogP contribution in [-0.4, -0.2) is 40.1 Å². The van der Waals surface area contributed by atoms with Gasteiger partial charge < -0.3 is 9.97 Å². The maximum atomic E-state index is 13.0. The van der Waals surface area contributed by atoms with E-state index in [1.165, 1.54) is 211 Å². The van der Waals surface area contributed by atoms with Gasteiger partial charge in [0.1, 0.15) is 17.1 Å². The highest BCUT2D eigenvalue weighted by Gasteiger charge is 2.33. The van der Waals surface area contributed by atoms with Gasteiger partial charge in [0, 0.05) is 59.4 Å². The van der Waals surface area contributed by atoms with Crippen LogP contribution < -0.4 is 0 Å². The van der Waals surface area contributed by atoms with Crippen LogP contribution in [0.25, 0.3) is 87.4 Å². The lowest BCUT2D eigenvalue weighted by atomic mass is 9.97. The molecule has 8 nitrogen and oxygen atoms in total. The summed E-state index contributed by atoms with van der Waals surface area (Å²) < 4.78 is 39.1. The Kier molecular flexibility index (Phi) is 28.3. The second-order valence-electron chi connectivity index (χ2n) is 25.1. The number of halogens is 3. The second-order valence-corrected chi connectivity index (χ2v) is 28.5. The number of nitrogens with one attached hydrogen (secondary N) is 3. The molecule has 9 heterocycles. The largest absolute Gasteiger partial charge is 0.432 e. The molecule has 0 aliphatic rings. The van der Waals surface area contributed by atoms with Crippen LogP contribution in [0.1, 0.15) is 220 Å². The van der Waals surface area contributed by atoms with Crippen LogP contribution in [0.4, 0.5) is 13.2 Å². The number of fused-ring (bicyclic) bond motifs is 2. The quantitative estimate of drug-likeness (QED) is 0.0348. The first-order valence-electron chi connectivity index (χ1n) is 35.4. The van der Waals surface area contributed by atoms with Crippen molar-refractivity contribution in [2.45, 2.75) is 228 Å². The molecule has 3 N–H and O–H groups in total. The van der Waals surface area contributed by atoms with E-state index >= 15 is 0 Å². The van der Waals surface area contributed by atoms with Gasteiger partial charge in [-0.15, -0.1) is 34.0 Å². The maximum absolute atomic E-state index is 13.0. The van der Waals surface area contributed by atoms with Crippen molar-refractivity contribution in [2.75, 3.05) is 0 Å². The smallest absolute Gasteiger partial charge is 0.360 e. The number of thiophene rings is 3. The summed E-state index contributed by atoms with van der Waals surface area (Å²) in [5.74, 6) is 0.842. The van der Waals surface area contributed by atoms with Gasteiger partial charge >= 0.3 is 6.18 Å². The van der Waals surface area contributed by atoms with E-state index in [1.807, 2.05) is 89.0 Å². The normalized spacial score (nSPS) is 11.6. The molecule has 498 valence electrons. The van der Waals surface area contributed by atoms with E-state index in [2.05, 4.69) is 143 Å². The number of nitrogens with zero attached hydrogens (tertiary/aromatic N) is 5. The number of H-pyrrole nitrogens is 3. The van der Waals surface area contributed by atoms with Crippen molar-refractivity contribution >= 4 is 55.8 Å². The van der Waals surface area contributed by atoms with Crippen molar-refractivity contribution in [1.82, 2.24) is 40.1 Å². The Morgan fingerprint density at radius 1 is 0.426 bits per heavy atom. The molecule has 9 aromatic heterocycles. The fraction of sp³-hybridized carbons (Fsp3) is 0.438. The van der Waals surface area contributed by atoms with Crippen LogP contribution in [0, 0.1) is 0 Å². The number of benzene rings is 2. The number of pyridine rings is 3. The minimum absolute atomic E-state index is 0.195. The van der Waals surface area contributed by atoms with Crippen LogP contribution in [0.15, 0.2) is 134 Å². The van der Waals surface area contributed by atoms with Crippen LogP contribution in [0.2, 0.25) is 0 Å². The van der Waals surface area contributed by atoms with Gasteiger partial charge in [-0.1, -0.05) is 175 Å². The van der Waals surface area contributed by atoms with Gasteiger partial charge in [0.2, 0.25) is 0 Å². The van der Waals surface area contributed by atoms with Crippen molar-refractivity contribution in [3.05, 3.63) is 171 Å². The lowest BCUT2D eigenvalue weighted by Gasteiger charge is -2.07. The maximum Gasteiger partial charge on any atom is 0.432 e. The van der Waals surface area contributed by atoms with E-state index in [4.69, 9.17) is 4.98 Å². The molecule has 0 radical (unpaired) electrons. The molecule has 11 rings (SSSR count). The summed E-state index contributed by atoms with van der Waals surface area (Å²) >= 11 is 5.80. The van der Waals surface area contributed by atoms with E-state index in [1.54, 1.807) is 11.1 Å². The van der Waals surface area contributed by atoms with Gasteiger partial charge in [0.25, 0.3) is 0 Å². The third kappa shape index (κ3) is 20.3. The van der Waals surface area contributed by atoms with Gasteiger partial charge in [0.05, 0.1) is 28.1 Å². The zero-order valence-corrected chi connectivity index (χ0v) is 59.0. The monoisotopic (exact) mass is 1320 g/mol. The fourth-order valence-corrected chi connectivity index (χ4v) is 16.2. The Morgan fingerprint density at radius 3 is 1.50 bits per heavy atom. The Bertz CT molecular complexity index is 3960. The highest BCUT2D eigenvalue weighted by atomic mass is 32.1. The first-order chi connectivity index (χ1) is 46.0. The molecule has 0 amide bonds. The number of para-hydroxylation sites is 2. The molecule has 0 fully saturated rings. The molecule has 14 heteroatoms. The molecular weight excluding hydrogens is 1230 g/mol. The molecular formula is C80H99F3N8S3. The minimum Gasteiger partial charge on any atom is -0.360 e. The summed E-state index contributed by atoms with van der Waals surface area (Å²) in [5.41, 5.74) is 12.8. The minimum atomic E-state index is -4.46. The Morgan fingerprint density at radius 2 is 0.947 bits per heavy atom. The molecule has 0 atom stereocenters. The molecule has 2 aromatic carbocycles. The molecule has 0 aliphatic heterocycles. The second kappa shape index (κ2) is 37.3. The Hall–Kier alpha value is -7.00. The third-order valence-corrected chi connectivity index (χ3v) is 21.4. The Balaban J connectivity index is 0.000000167. The summed E-state index contributed by atoms with van der Waals surface area (Å²) in [4.78, 5) is 33.5. The predicted molar refractivity (Wildman–Crippen MR) is 395 cm³/mol. The summed E-state index contributed by atoms with van der Waals surface area (Å²) in [6.45, 7) is 13.5. The van der Waals surface area contributed by atoms with Gasteiger partial charge in [-0.3, -0.25) is 20.1 Å². The van der Waals surface area contributed by atoms with E-state index in [0.29, 0.717) is 5.69 Å². The number of imidazole rings is 1.